The van der Waals surface area contributed by atoms with E-state index in [0.29, 0.717) is 17.7 Å². The van der Waals surface area contributed by atoms with Gasteiger partial charge in [0.05, 0.1) is 23.7 Å². The van der Waals surface area contributed by atoms with Gasteiger partial charge in [-0.15, -0.1) is 0 Å². The molecule has 3 nitrogen and oxygen atoms in total. The van der Waals surface area contributed by atoms with Crippen LogP contribution in [0.15, 0.2) is 18.3 Å². The molecular weight excluding hydrogens is 200 g/mol. The number of hydrogen-bond donors (Lipinski definition) is 1. The van der Waals surface area contributed by atoms with Crippen molar-refractivity contribution in [1.29, 1.82) is 0 Å². The Hall–Kier alpha value is -1.09. The predicted octanol–water partition coefficient (Wildman–Crippen LogP) is 2.62. The molecule has 0 saturated carbocycles. The topological polar surface area (TPSA) is 36.4 Å². The maximum atomic E-state index is 9.37. The van der Waals surface area contributed by atoms with Crippen LogP contribution in [0.5, 0.6) is 0 Å². The van der Waals surface area contributed by atoms with Gasteiger partial charge in [-0.2, -0.15) is 0 Å². The Kier molecular flexibility index (Phi) is 4.30. The fraction of sp³-hybridized carbons (Fsp3) is 0.615. The first-order chi connectivity index (χ1) is 7.43. The van der Waals surface area contributed by atoms with Crippen molar-refractivity contribution in [2.45, 2.75) is 39.8 Å². The molecule has 1 aromatic rings. The minimum Gasteiger partial charge on any atom is -0.387 e. The molecule has 90 valence electrons. The minimum atomic E-state index is -0.498. The SMILES string of the molecule is CC(C)C(C)N(C)c1ccc([C@H](C)O)nc1. The molecule has 0 radical (unpaired) electrons. The first-order valence-corrected chi connectivity index (χ1v) is 5.80. The van der Waals surface area contributed by atoms with Gasteiger partial charge in [0.2, 0.25) is 0 Å². The number of nitrogens with zero attached hydrogens (tertiary/aromatic N) is 2. The molecule has 0 spiro atoms. The van der Waals surface area contributed by atoms with Gasteiger partial charge in [-0.3, -0.25) is 4.98 Å². The van der Waals surface area contributed by atoms with Crippen molar-refractivity contribution in [1.82, 2.24) is 4.98 Å². The molecule has 1 N–H and O–H groups in total. The van der Waals surface area contributed by atoms with E-state index in [1.54, 1.807) is 6.92 Å². The first-order valence-electron chi connectivity index (χ1n) is 5.80. The largest absolute Gasteiger partial charge is 0.387 e. The van der Waals surface area contributed by atoms with Crippen molar-refractivity contribution in [3.63, 3.8) is 0 Å². The van der Waals surface area contributed by atoms with Crippen LogP contribution in [-0.2, 0) is 0 Å². The van der Waals surface area contributed by atoms with Crippen LogP contribution in [0.2, 0.25) is 0 Å². The van der Waals surface area contributed by atoms with Gasteiger partial charge in [0.25, 0.3) is 0 Å². The highest BCUT2D eigenvalue weighted by atomic mass is 16.3. The van der Waals surface area contributed by atoms with E-state index >= 15 is 0 Å². The van der Waals surface area contributed by atoms with Crippen LogP contribution in [0.25, 0.3) is 0 Å². The molecule has 0 aliphatic carbocycles. The molecule has 3 heteroatoms. The zero-order valence-electron chi connectivity index (χ0n) is 10.8. The van der Waals surface area contributed by atoms with E-state index in [1.165, 1.54) is 0 Å². The summed E-state index contributed by atoms with van der Waals surface area (Å²) in [5.74, 6) is 0.599. The third kappa shape index (κ3) is 2.95. The smallest absolute Gasteiger partial charge is 0.0931 e. The summed E-state index contributed by atoms with van der Waals surface area (Å²) >= 11 is 0. The van der Waals surface area contributed by atoms with Gasteiger partial charge in [-0.1, -0.05) is 13.8 Å². The number of aliphatic hydroxyl groups is 1. The maximum absolute atomic E-state index is 9.37. The summed E-state index contributed by atoms with van der Waals surface area (Å²) in [4.78, 5) is 6.46. The number of aromatic nitrogens is 1. The normalized spacial score (nSPS) is 14.9. The fourth-order valence-corrected chi connectivity index (χ4v) is 1.54. The van der Waals surface area contributed by atoms with Crippen LogP contribution in [-0.4, -0.2) is 23.2 Å². The van der Waals surface area contributed by atoms with Crippen molar-refractivity contribution >= 4 is 5.69 Å². The van der Waals surface area contributed by atoms with Crippen LogP contribution in [0.4, 0.5) is 5.69 Å². The van der Waals surface area contributed by atoms with Gasteiger partial charge in [0.15, 0.2) is 0 Å². The highest BCUT2D eigenvalue weighted by molar-refractivity contribution is 5.44. The molecule has 1 heterocycles. The van der Waals surface area contributed by atoms with Gasteiger partial charge >= 0.3 is 0 Å². The molecular formula is C13H22N2O. The number of rotatable bonds is 4. The van der Waals surface area contributed by atoms with Gasteiger partial charge in [0, 0.05) is 13.1 Å². The Morgan fingerprint density at radius 1 is 1.19 bits per heavy atom. The summed E-state index contributed by atoms with van der Waals surface area (Å²) in [6.07, 6.45) is 1.32. The van der Waals surface area contributed by atoms with Crippen LogP contribution in [0, 0.1) is 5.92 Å². The van der Waals surface area contributed by atoms with Crippen LogP contribution >= 0.6 is 0 Å². The van der Waals surface area contributed by atoms with E-state index in [9.17, 15) is 5.11 Å². The van der Waals surface area contributed by atoms with Gasteiger partial charge in [-0.25, -0.2) is 0 Å². The maximum Gasteiger partial charge on any atom is 0.0931 e. The third-order valence-corrected chi connectivity index (χ3v) is 3.18. The molecule has 1 rings (SSSR count). The monoisotopic (exact) mass is 222 g/mol. The minimum absolute atomic E-state index is 0.471. The lowest BCUT2D eigenvalue weighted by molar-refractivity contribution is 0.194. The molecule has 0 aromatic carbocycles. The first kappa shape index (κ1) is 13.0. The summed E-state index contributed by atoms with van der Waals surface area (Å²) < 4.78 is 0. The Bertz CT molecular complexity index is 319. The number of anilines is 1. The molecule has 0 fully saturated rings. The standard InChI is InChI=1S/C13H22N2O/c1-9(2)10(3)15(5)12-6-7-13(11(4)16)14-8-12/h6-11,16H,1-5H3/t10?,11-/m0/s1. The van der Waals surface area contributed by atoms with E-state index in [1.807, 2.05) is 18.3 Å². The van der Waals surface area contributed by atoms with Crippen LogP contribution < -0.4 is 4.90 Å². The summed E-state index contributed by atoms with van der Waals surface area (Å²) in [7, 11) is 2.07. The molecule has 1 aromatic heterocycles. The molecule has 2 atom stereocenters. The van der Waals surface area contributed by atoms with E-state index in [0.717, 1.165) is 5.69 Å². The predicted molar refractivity (Wildman–Crippen MR) is 67.6 cm³/mol. The molecule has 0 aliphatic rings. The molecule has 0 amide bonds. The zero-order valence-corrected chi connectivity index (χ0v) is 10.8. The van der Waals surface area contributed by atoms with Gasteiger partial charge in [-0.05, 0) is 31.9 Å². The van der Waals surface area contributed by atoms with E-state index in [-0.39, 0.29) is 0 Å². The van der Waals surface area contributed by atoms with Crippen molar-refractivity contribution in [3.8, 4) is 0 Å². The Labute approximate surface area is 98.1 Å². The zero-order chi connectivity index (χ0) is 12.3. The Balaban J connectivity index is 2.81. The molecule has 0 saturated heterocycles. The second kappa shape index (κ2) is 5.30. The second-order valence-electron chi connectivity index (χ2n) is 4.71. The summed E-state index contributed by atoms with van der Waals surface area (Å²) in [5, 5.41) is 9.37. The molecule has 0 bridgehead atoms. The molecule has 1 unspecified atom stereocenters. The number of aliphatic hydroxyl groups excluding tert-OH is 1. The highest BCUT2D eigenvalue weighted by Crippen LogP contribution is 2.19. The average Bonchev–Trinajstić information content (AvgIpc) is 2.27. The van der Waals surface area contributed by atoms with Crippen molar-refractivity contribution in [2.75, 3.05) is 11.9 Å². The summed E-state index contributed by atoms with van der Waals surface area (Å²) in [5.41, 5.74) is 1.81. The Morgan fingerprint density at radius 2 is 1.81 bits per heavy atom. The number of hydrogen-bond acceptors (Lipinski definition) is 3. The van der Waals surface area contributed by atoms with Crippen LogP contribution in [0.3, 0.4) is 0 Å². The lowest BCUT2D eigenvalue weighted by Crippen LogP contribution is -2.33. The summed E-state index contributed by atoms with van der Waals surface area (Å²) in [6, 6.07) is 4.36. The van der Waals surface area contributed by atoms with Gasteiger partial charge < -0.3 is 10.0 Å². The fourth-order valence-electron chi connectivity index (χ4n) is 1.54. The molecule has 16 heavy (non-hydrogen) atoms. The number of pyridine rings is 1. The van der Waals surface area contributed by atoms with Crippen molar-refractivity contribution in [3.05, 3.63) is 24.0 Å². The van der Waals surface area contributed by atoms with Crippen molar-refractivity contribution in [2.24, 2.45) is 5.92 Å². The quantitative estimate of drug-likeness (QED) is 0.850. The van der Waals surface area contributed by atoms with E-state index < -0.39 is 6.10 Å². The molecule has 0 aliphatic heterocycles. The average molecular weight is 222 g/mol. The lowest BCUT2D eigenvalue weighted by Gasteiger charge is -2.29. The lowest BCUT2D eigenvalue weighted by atomic mass is 10.0. The second-order valence-corrected chi connectivity index (χ2v) is 4.71. The van der Waals surface area contributed by atoms with Gasteiger partial charge in [0.1, 0.15) is 0 Å². The summed E-state index contributed by atoms with van der Waals surface area (Å²) in [6.45, 7) is 8.34. The van der Waals surface area contributed by atoms with E-state index in [2.05, 4.69) is 37.7 Å². The van der Waals surface area contributed by atoms with Crippen molar-refractivity contribution < 1.29 is 5.11 Å². The van der Waals surface area contributed by atoms with Crippen LogP contribution in [0.1, 0.15) is 39.5 Å². The highest BCUT2D eigenvalue weighted by Gasteiger charge is 2.14. The Morgan fingerprint density at radius 3 is 2.19 bits per heavy atom. The van der Waals surface area contributed by atoms with E-state index in [4.69, 9.17) is 0 Å². The third-order valence-electron chi connectivity index (χ3n) is 3.18.